The van der Waals surface area contributed by atoms with E-state index in [1.54, 1.807) is 22.8 Å². The second-order valence-corrected chi connectivity index (χ2v) is 10.2. The van der Waals surface area contributed by atoms with E-state index in [0.717, 1.165) is 23.5 Å². The monoisotopic (exact) mass is 467 g/mol. The summed E-state index contributed by atoms with van der Waals surface area (Å²) in [5.74, 6) is -0.325. The van der Waals surface area contributed by atoms with Gasteiger partial charge in [-0.1, -0.05) is 20.8 Å². The van der Waals surface area contributed by atoms with Gasteiger partial charge in [0.05, 0.1) is 27.9 Å². The first-order chi connectivity index (χ1) is 15.6. The highest BCUT2D eigenvalue weighted by atomic mass is 32.1. The van der Waals surface area contributed by atoms with E-state index < -0.39 is 18.0 Å². The van der Waals surface area contributed by atoms with Gasteiger partial charge >= 0.3 is 5.97 Å². The van der Waals surface area contributed by atoms with Crippen LogP contribution in [-0.4, -0.2) is 33.8 Å². The molecular formula is C24H25N3O5S. The summed E-state index contributed by atoms with van der Waals surface area (Å²) in [5, 5.41) is 3.30. The lowest BCUT2D eigenvalue weighted by Crippen LogP contribution is -2.34. The van der Waals surface area contributed by atoms with Gasteiger partial charge < -0.3 is 10.1 Å². The van der Waals surface area contributed by atoms with Crippen LogP contribution in [-0.2, 0) is 29.0 Å². The normalized spacial score (nSPS) is 13.1. The second kappa shape index (κ2) is 8.90. The number of rotatable bonds is 6. The lowest BCUT2D eigenvalue weighted by Gasteiger charge is -2.17. The number of Topliss-reactive ketones (excluding diaryl/α,β-unsaturated/α-hetero) is 1. The molecule has 0 bridgehead atoms. The molecule has 0 atom stereocenters. The molecule has 1 aliphatic rings. The number of thiophene rings is 1. The van der Waals surface area contributed by atoms with Crippen LogP contribution < -0.4 is 10.9 Å². The van der Waals surface area contributed by atoms with Crippen LogP contribution in [0.4, 0.5) is 0 Å². The zero-order valence-corrected chi connectivity index (χ0v) is 19.6. The Kier molecular flexibility index (Phi) is 6.16. The molecule has 2 aromatic heterocycles. The lowest BCUT2D eigenvalue weighted by molar-refractivity contribution is -0.128. The van der Waals surface area contributed by atoms with Crippen molar-refractivity contribution in [1.82, 2.24) is 14.9 Å². The number of ether oxygens (including phenoxy) is 1. The molecule has 0 saturated carbocycles. The molecule has 3 heterocycles. The summed E-state index contributed by atoms with van der Waals surface area (Å²) in [7, 11) is 0. The molecule has 33 heavy (non-hydrogen) atoms. The van der Waals surface area contributed by atoms with Gasteiger partial charge in [0, 0.05) is 23.3 Å². The predicted octanol–water partition coefficient (Wildman–Crippen LogP) is 3.11. The van der Waals surface area contributed by atoms with Crippen molar-refractivity contribution in [2.24, 2.45) is 5.41 Å². The molecular weight excluding hydrogens is 442 g/mol. The number of fused-ring (bicyclic) bond motifs is 2. The zero-order chi connectivity index (χ0) is 23.8. The Morgan fingerprint density at radius 1 is 1.18 bits per heavy atom. The molecule has 1 amide bonds. The molecule has 0 saturated heterocycles. The Morgan fingerprint density at radius 2 is 1.97 bits per heavy atom. The van der Waals surface area contributed by atoms with Gasteiger partial charge in [0.15, 0.2) is 6.61 Å². The standard InChI is InChI=1S/C24H25N3O5S/c1-24(2,3)23(31)25-12-15-7-9-19(33-15)18(28)13-32-22(30)14-6-8-16-17(11-14)26-20-5-4-10-27(20)21(16)29/h6-9,11H,4-5,10,12-13H2,1-3H3,(H,25,31). The van der Waals surface area contributed by atoms with Crippen LogP contribution in [0.25, 0.3) is 10.9 Å². The molecule has 1 N–H and O–H groups in total. The summed E-state index contributed by atoms with van der Waals surface area (Å²) < 4.78 is 6.88. The van der Waals surface area contributed by atoms with Crippen LogP contribution in [0.2, 0.25) is 0 Å². The average Bonchev–Trinajstić information content (AvgIpc) is 3.44. The quantitative estimate of drug-likeness (QED) is 0.441. The first-order valence-corrected chi connectivity index (χ1v) is 11.6. The number of benzene rings is 1. The van der Waals surface area contributed by atoms with Crippen LogP contribution in [0.1, 0.15) is 57.9 Å². The SMILES string of the molecule is CC(C)(C)C(=O)NCc1ccc(C(=O)COC(=O)c2ccc3c(=O)n4c(nc3c2)CCC4)s1. The van der Waals surface area contributed by atoms with Crippen molar-refractivity contribution in [2.75, 3.05) is 6.61 Å². The molecule has 4 rings (SSSR count). The highest BCUT2D eigenvalue weighted by Gasteiger charge is 2.21. The molecule has 1 aromatic carbocycles. The molecule has 0 aliphatic carbocycles. The van der Waals surface area contributed by atoms with Crippen LogP contribution in [0.15, 0.2) is 35.1 Å². The van der Waals surface area contributed by atoms with E-state index >= 15 is 0 Å². The summed E-state index contributed by atoms with van der Waals surface area (Å²) in [5.41, 5.74) is 0.0992. The number of amides is 1. The van der Waals surface area contributed by atoms with Gasteiger partial charge in [0.2, 0.25) is 11.7 Å². The number of aromatic nitrogens is 2. The van der Waals surface area contributed by atoms with Gasteiger partial charge in [-0.25, -0.2) is 9.78 Å². The Morgan fingerprint density at radius 3 is 2.73 bits per heavy atom. The van der Waals surface area contributed by atoms with Crippen molar-refractivity contribution < 1.29 is 19.1 Å². The molecule has 8 nitrogen and oxygen atoms in total. The van der Waals surface area contributed by atoms with Crippen molar-refractivity contribution in [1.29, 1.82) is 0 Å². The van der Waals surface area contributed by atoms with Gasteiger partial charge in [-0.2, -0.15) is 0 Å². The van der Waals surface area contributed by atoms with Gasteiger partial charge in [0.25, 0.3) is 5.56 Å². The fraction of sp³-hybridized carbons (Fsp3) is 0.375. The maximum absolute atomic E-state index is 12.5. The van der Waals surface area contributed by atoms with E-state index in [4.69, 9.17) is 4.74 Å². The van der Waals surface area contributed by atoms with Crippen molar-refractivity contribution in [3.63, 3.8) is 0 Å². The average molecular weight is 468 g/mol. The second-order valence-electron chi connectivity index (χ2n) is 9.02. The summed E-state index contributed by atoms with van der Waals surface area (Å²) in [6.45, 7) is 6.09. The fourth-order valence-corrected chi connectivity index (χ4v) is 4.42. The van der Waals surface area contributed by atoms with E-state index in [1.807, 2.05) is 20.8 Å². The Balaban J connectivity index is 1.38. The number of carbonyl (C=O) groups is 3. The molecule has 0 radical (unpaired) electrons. The van der Waals surface area contributed by atoms with E-state index in [9.17, 15) is 19.2 Å². The van der Waals surface area contributed by atoms with E-state index in [2.05, 4.69) is 10.3 Å². The number of aryl methyl sites for hydroxylation is 1. The molecule has 0 fully saturated rings. The van der Waals surface area contributed by atoms with Crippen LogP contribution in [0, 0.1) is 5.41 Å². The first kappa shape index (κ1) is 22.8. The third-order valence-corrected chi connectivity index (χ3v) is 6.55. The van der Waals surface area contributed by atoms with Crippen LogP contribution in [0.3, 0.4) is 0 Å². The maximum atomic E-state index is 12.5. The first-order valence-electron chi connectivity index (χ1n) is 10.7. The van der Waals surface area contributed by atoms with Crippen molar-refractivity contribution in [3.8, 4) is 0 Å². The van der Waals surface area contributed by atoms with E-state index in [1.165, 1.54) is 23.5 Å². The van der Waals surface area contributed by atoms with Crippen LogP contribution >= 0.6 is 11.3 Å². The Hall–Kier alpha value is -3.33. The van der Waals surface area contributed by atoms with Gasteiger partial charge in [-0.15, -0.1) is 11.3 Å². The Labute approximate surface area is 194 Å². The number of hydrogen-bond acceptors (Lipinski definition) is 7. The number of hydrogen-bond donors (Lipinski definition) is 1. The smallest absolute Gasteiger partial charge is 0.338 e. The van der Waals surface area contributed by atoms with Crippen molar-refractivity contribution >= 4 is 39.9 Å². The lowest BCUT2D eigenvalue weighted by atomic mass is 9.96. The molecule has 0 spiro atoms. The third-order valence-electron chi connectivity index (χ3n) is 5.43. The minimum atomic E-state index is -0.651. The zero-order valence-electron chi connectivity index (χ0n) is 18.8. The van der Waals surface area contributed by atoms with Gasteiger partial charge in [0.1, 0.15) is 5.82 Å². The molecule has 3 aromatic rings. The van der Waals surface area contributed by atoms with Crippen molar-refractivity contribution in [3.05, 3.63) is 61.8 Å². The van der Waals surface area contributed by atoms with Crippen LogP contribution in [0.5, 0.6) is 0 Å². The van der Waals surface area contributed by atoms with E-state index in [-0.39, 0.29) is 22.8 Å². The highest BCUT2D eigenvalue weighted by molar-refractivity contribution is 7.14. The summed E-state index contributed by atoms with van der Waals surface area (Å²) in [6, 6.07) is 8.05. The summed E-state index contributed by atoms with van der Waals surface area (Å²) in [4.78, 5) is 55.3. The number of nitrogens with zero attached hydrogens (tertiary/aromatic N) is 2. The molecule has 0 unspecified atom stereocenters. The summed E-state index contributed by atoms with van der Waals surface area (Å²) in [6.07, 6.45) is 1.61. The minimum absolute atomic E-state index is 0.0739. The molecule has 1 aliphatic heterocycles. The Bertz CT molecular complexity index is 1320. The molecule has 9 heteroatoms. The summed E-state index contributed by atoms with van der Waals surface area (Å²) >= 11 is 1.25. The molecule has 172 valence electrons. The van der Waals surface area contributed by atoms with Gasteiger partial charge in [-0.3, -0.25) is 19.0 Å². The minimum Gasteiger partial charge on any atom is -0.454 e. The number of nitrogens with one attached hydrogen (secondary N) is 1. The number of esters is 1. The maximum Gasteiger partial charge on any atom is 0.338 e. The van der Waals surface area contributed by atoms with Crippen molar-refractivity contribution in [2.45, 2.75) is 46.7 Å². The number of ketones is 1. The van der Waals surface area contributed by atoms with Gasteiger partial charge in [-0.05, 0) is 36.8 Å². The number of carbonyl (C=O) groups excluding carboxylic acids is 3. The largest absolute Gasteiger partial charge is 0.454 e. The van der Waals surface area contributed by atoms with E-state index in [0.29, 0.717) is 28.9 Å². The predicted molar refractivity (Wildman–Crippen MR) is 125 cm³/mol. The highest BCUT2D eigenvalue weighted by Crippen LogP contribution is 2.20. The topological polar surface area (TPSA) is 107 Å². The fourth-order valence-electron chi connectivity index (χ4n) is 3.55. The third kappa shape index (κ3) is 4.88.